The van der Waals surface area contributed by atoms with E-state index in [2.05, 4.69) is 15.3 Å². The molecule has 0 saturated carbocycles. The first-order chi connectivity index (χ1) is 13.0. The zero-order chi connectivity index (χ0) is 19.4. The van der Waals surface area contributed by atoms with Gasteiger partial charge in [-0.3, -0.25) is 14.8 Å². The molecule has 1 heterocycles. The Morgan fingerprint density at radius 2 is 1.89 bits per heavy atom. The van der Waals surface area contributed by atoms with Crippen LogP contribution >= 0.6 is 11.6 Å². The molecule has 1 amide bonds. The molecule has 2 aromatic carbocycles. The number of hydrogen-bond donors (Lipinski definition) is 1. The molecule has 0 radical (unpaired) electrons. The number of hydrogen-bond acceptors (Lipinski definition) is 6. The van der Waals surface area contributed by atoms with E-state index in [1.165, 1.54) is 25.3 Å². The lowest BCUT2D eigenvalue weighted by Gasteiger charge is -2.14. The van der Waals surface area contributed by atoms with Crippen LogP contribution in [0.1, 0.15) is 22.8 Å². The van der Waals surface area contributed by atoms with Crippen molar-refractivity contribution in [2.45, 2.75) is 13.0 Å². The average Bonchev–Trinajstić information content (AvgIpc) is 2.67. The maximum Gasteiger partial charge on any atom is 0.338 e. The number of anilines is 1. The van der Waals surface area contributed by atoms with Gasteiger partial charge < -0.3 is 10.1 Å². The second-order valence-corrected chi connectivity index (χ2v) is 6.01. The van der Waals surface area contributed by atoms with Crippen molar-refractivity contribution in [1.82, 2.24) is 9.97 Å². The van der Waals surface area contributed by atoms with Crippen molar-refractivity contribution in [3.63, 3.8) is 0 Å². The summed E-state index contributed by atoms with van der Waals surface area (Å²) in [4.78, 5) is 32.8. The van der Waals surface area contributed by atoms with Gasteiger partial charge in [0.1, 0.15) is 6.07 Å². The molecule has 0 aliphatic carbocycles. The minimum Gasteiger partial charge on any atom is -0.449 e. The largest absolute Gasteiger partial charge is 0.449 e. The van der Waals surface area contributed by atoms with Crippen molar-refractivity contribution in [3.05, 3.63) is 64.9 Å². The highest BCUT2D eigenvalue weighted by Gasteiger charge is 2.19. The first-order valence-corrected chi connectivity index (χ1v) is 8.28. The van der Waals surface area contributed by atoms with Crippen LogP contribution in [0, 0.1) is 11.3 Å². The predicted octanol–water partition coefficient (Wildman–Crippen LogP) is 3.34. The van der Waals surface area contributed by atoms with Crippen molar-refractivity contribution >= 4 is 40.2 Å². The molecule has 3 aromatic rings. The molecular formula is C19H13ClN4O3. The van der Waals surface area contributed by atoms with E-state index in [1.807, 2.05) is 6.07 Å². The fourth-order valence-electron chi connectivity index (χ4n) is 2.30. The fourth-order valence-corrected chi connectivity index (χ4v) is 2.52. The van der Waals surface area contributed by atoms with Crippen LogP contribution in [0.25, 0.3) is 11.0 Å². The first kappa shape index (κ1) is 18.3. The molecule has 0 spiro atoms. The van der Waals surface area contributed by atoms with Crippen LogP contribution < -0.4 is 5.32 Å². The van der Waals surface area contributed by atoms with Gasteiger partial charge in [0.05, 0.1) is 27.2 Å². The topological polar surface area (TPSA) is 105 Å². The van der Waals surface area contributed by atoms with Crippen LogP contribution in [0.3, 0.4) is 0 Å². The Hall–Kier alpha value is -3.50. The number of fused-ring (bicyclic) bond motifs is 1. The predicted molar refractivity (Wildman–Crippen MR) is 99.2 cm³/mol. The van der Waals surface area contributed by atoms with Crippen LogP contribution in [0.5, 0.6) is 0 Å². The zero-order valence-electron chi connectivity index (χ0n) is 14.1. The molecule has 1 N–H and O–H groups in total. The fraction of sp³-hybridized carbons (Fsp3) is 0.105. The molecule has 134 valence electrons. The number of carbonyl (C=O) groups is 2. The van der Waals surface area contributed by atoms with E-state index in [0.717, 1.165) is 0 Å². The van der Waals surface area contributed by atoms with Gasteiger partial charge >= 0.3 is 5.97 Å². The molecule has 0 aliphatic heterocycles. The van der Waals surface area contributed by atoms with E-state index >= 15 is 0 Å². The van der Waals surface area contributed by atoms with Gasteiger partial charge in [0.25, 0.3) is 5.91 Å². The number of amides is 1. The SMILES string of the molecule is C[C@H](OC(=O)c1ccc2nccnc2c1)C(=O)Nc1ccc(C#N)c(Cl)c1. The van der Waals surface area contributed by atoms with E-state index < -0.39 is 18.0 Å². The summed E-state index contributed by atoms with van der Waals surface area (Å²) in [5.74, 6) is -1.17. The number of carbonyl (C=O) groups excluding carboxylic acids is 2. The van der Waals surface area contributed by atoms with Crippen LogP contribution in [-0.4, -0.2) is 27.9 Å². The molecular weight excluding hydrogens is 368 g/mol. The number of nitriles is 1. The number of benzene rings is 2. The number of nitrogens with zero attached hydrogens (tertiary/aromatic N) is 3. The van der Waals surface area contributed by atoms with E-state index in [0.29, 0.717) is 22.3 Å². The summed E-state index contributed by atoms with van der Waals surface area (Å²) in [6.45, 7) is 1.46. The molecule has 0 saturated heterocycles. The number of nitrogens with one attached hydrogen (secondary N) is 1. The molecule has 3 rings (SSSR count). The minimum atomic E-state index is -1.04. The van der Waals surface area contributed by atoms with Gasteiger partial charge in [-0.2, -0.15) is 5.26 Å². The van der Waals surface area contributed by atoms with Gasteiger partial charge in [0.2, 0.25) is 0 Å². The van der Waals surface area contributed by atoms with E-state index in [9.17, 15) is 9.59 Å². The second kappa shape index (κ2) is 7.81. The number of ether oxygens (including phenoxy) is 1. The summed E-state index contributed by atoms with van der Waals surface area (Å²) in [6.07, 6.45) is 2.04. The number of aromatic nitrogens is 2. The lowest BCUT2D eigenvalue weighted by molar-refractivity contribution is -0.123. The van der Waals surface area contributed by atoms with Crippen LogP contribution in [0.4, 0.5) is 5.69 Å². The standard InChI is InChI=1S/C19H13ClN4O3/c1-11(18(25)24-14-4-2-13(10-21)15(20)9-14)27-19(26)12-3-5-16-17(8-12)23-7-6-22-16/h2-9,11H,1H3,(H,24,25)/t11-/m0/s1. The summed E-state index contributed by atoms with van der Waals surface area (Å²) in [5, 5.41) is 11.7. The van der Waals surface area contributed by atoms with Gasteiger partial charge in [0, 0.05) is 18.1 Å². The molecule has 7 nitrogen and oxygen atoms in total. The van der Waals surface area contributed by atoms with Crippen molar-refractivity contribution in [2.24, 2.45) is 0 Å². The van der Waals surface area contributed by atoms with Crippen molar-refractivity contribution in [3.8, 4) is 6.07 Å². The maximum atomic E-state index is 12.3. The first-order valence-electron chi connectivity index (χ1n) is 7.90. The maximum absolute atomic E-state index is 12.3. The summed E-state index contributed by atoms with van der Waals surface area (Å²) in [6, 6.07) is 11.2. The van der Waals surface area contributed by atoms with Gasteiger partial charge in [-0.25, -0.2) is 4.79 Å². The second-order valence-electron chi connectivity index (χ2n) is 5.60. The highest BCUT2D eigenvalue weighted by Crippen LogP contribution is 2.20. The zero-order valence-corrected chi connectivity index (χ0v) is 14.9. The minimum absolute atomic E-state index is 0.220. The van der Waals surface area contributed by atoms with Gasteiger partial charge in [-0.1, -0.05) is 11.6 Å². The van der Waals surface area contributed by atoms with Gasteiger partial charge in [-0.15, -0.1) is 0 Å². The van der Waals surface area contributed by atoms with E-state index in [4.69, 9.17) is 21.6 Å². The molecule has 0 aliphatic rings. The molecule has 1 atom stereocenters. The molecule has 1 aromatic heterocycles. The number of halogens is 1. The summed E-state index contributed by atoms with van der Waals surface area (Å²) < 4.78 is 5.21. The number of esters is 1. The summed E-state index contributed by atoms with van der Waals surface area (Å²) in [5.41, 5.74) is 2.17. The Balaban J connectivity index is 1.67. The Labute approximate surface area is 159 Å². The van der Waals surface area contributed by atoms with Gasteiger partial charge in [-0.05, 0) is 43.3 Å². The Bertz CT molecular complexity index is 1080. The molecule has 0 fully saturated rings. The lowest BCUT2D eigenvalue weighted by atomic mass is 10.2. The van der Waals surface area contributed by atoms with E-state index in [1.54, 1.807) is 30.5 Å². The van der Waals surface area contributed by atoms with Crippen molar-refractivity contribution in [2.75, 3.05) is 5.32 Å². The summed E-state index contributed by atoms with van der Waals surface area (Å²) >= 11 is 5.93. The molecule has 8 heteroatoms. The summed E-state index contributed by atoms with van der Waals surface area (Å²) in [7, 11) is 0. The quantitative estimate of drug-likeness (QED) is 0.696. The third kappa shape index (κ3) is 4.19. The third-order valence-electron chi connectivity index (χ3n) is 3.72. The highest BCUT2D eigenvalue weighted by molar-refractivity contribution is 6.32. The molecule has 0 unspecified atom stereocenters. The third-order valence-corrected chi connectivity index (χ3v) is 4.03. The smallest absolute Gasteiger partial charge is 0.338 e. The van der Waals surface area contributed by atoms with Gasteiger partial charge in [0.15, 0.2) is 6.10 Å². The molecule has 0 bridgehead atoms. The monoisotopic (exact) mass is 380 g/mol. The molecule has 27 heavy (non-hydrogen) atoms. The number of rotatable bonds is 4. The Morgan fingerprint density at radius 3 is 2.59 bits per heavy atom. The van der Waals surface area contributed by atoms with Crippen molar-refractivity contribution in [1.29, 1.82) is 5.26 Å². The van der Waals surface area contributed by atoms with Crippen LogP contribution in [0.2, 0.25) is 5.02 Å². The highest BCUT2D eigenvalue weighted by atomic mass is 35.5. The van der Waals surface area contributed by atoms with E-state index in [-0.39, 0.29) is 10.6 Å². The van der Waals surface area contributed by atoms with Crippen molar-refractivity contribution < 1.29 is 14.3 Å². The Morgan fingerprint density at radius 1 is 1.15 bits per heavy atom. The lowest BCUT2D eigenvalue weighted by Crippen LogP contribution is -2.30. The van der Waals surface area contributed by atoms with Crippen LogP contribution in [0.15, 0.2) is 48.8 Å². The average molecular weight is 381 g/mol. The normalized spacial score (nSPS) is 11.4. The van der Waals surface area contributed by atoms with Crippen LogP contribution in [-0.2, 0) is 9.53 Å². The Kier molecular flexibility index (Phi) is 5.29.